The Balaban J connectivity index is 1.84. The average molecular weight is 347 g/mol. The highest BCUT2D eigenvalue weighted by Gasteiger charge is 2.21. The average Bonchev–Trinajstić information content (AvgIpc) is 2.69. The smallest absolute Gasteiger partial charge is 0.137 e. The summed E-state index contributed by atoms with van der Waals surface area (Å²) in [6.07, 6.45) is 0. The lowest BCUT2D eigenvalue weighted by Gasteiger charge is -2.35. The first-order valence-corrected chi connectivity index (χ1v) is 9.33. The fraction of sp³-hybridized carbons (Fsp3) is 0.318. The molecule has 1 N–H and O–H groups in total. The van der Waals surface area contributed by atoms with Crippen LogP contribution in [0.2, 0.25) is 0 Å². The number of anilines is 1. The molecule has 2 aromatic carbocycles. The maximum Gasteiger partial charge on any atom is 0.137 e. The van der Waals surface area contributed by atoms with Crippen LogP contribution in [0.5, 0.6) is 5.75 Å². The highest BCUT2D eigenvalue weighted by molar-refractivity contribution is 5.98. The summed E-state index contributed by atoms with van der Waals surface area (Å²) in [5.74, 6) is 1.35. The number of rotatable bonds is 3. The van der Waals surface area contributed by atoms with Gasteiger partial charge in [-0.05, 0) is 48.7 Å². The minimum absolute atomic E-state index is 0.281. The molecule has 1 aliphatic rings. The summed E-state index contributed by atoms with van der Waals surface area (Å²) in [7, 11) is 0. The van der Waals surface area contributed by atoms with Crippen LogP contribution >= 0.6 is 0 Å². The van der Waals surface area contributed by atoms with Crippen molar-refractivity contribution < 1.29 is 5.11 Å². The quantitative estimate of drug-likeness (QED) is 0.776. The van der Waals surface area contributed by atoms with E-state index in [1.807, 2.05) is 12.1 Å². The Morgan fingerprint density at radius 2 is 1.58 bits per heavy atom. The monoisotopic (exact) mass is 347 g/mol. The zero-order chi connectivity index (χ0) is 18.1. The molecule has 1 fully saturated rings. The third-order valence-electron chi connectivity index (χ3n) is 5.40. The largest absolute Gasteiger partial charge is 0.508 e. The van der Waals surface area contributed by atoms with E-state index < -0.39 is 0 Å². The van der Waals surface area contributed by atoms with Crippen LogP contribution in [0, 0.1) is 6.92 Å². The molecule has 1 aromatic heterocycles. The normalized spacial score (nSPS) is 15.5. The van der Waals surface area contributed by atoms with Gasteiger partial charge < -0.3 is 14.9 Å². The molecule has 0 amide bonds. The molecule has 4 rings (SSSR count). The molecule has 0 saturated carbocycles. The molecule has 3 aromatic rings. The Morgan fingerprint density at radius 1 is 0.923 bits per heavy atom. The van der Waals surface area contributed by atoms with Gasteiger partial charge in [0.15, 0.2) is 0 Å². The van der Waals surface area contributed by atoms with E-state index in [-0.39, 0.29) is 5.75 Å². The van der Waals surface area contributed by atoms with Gasteiger partial charge in [0.25, 0.3) is 0 Å². The minimum Gasteiger partial charge on any atom is -0.508 e. The molecular weight excluding hydrogens is 322 g/mol. The minimum atomic E-state index is 0.281. The van der Waals surface area contributed by atoms with Crippen LogP contribution in [0.25, 0.3) is 22.0 Å². The highest BCUT2D eigenvalue weighted by Crippen LogP contribution is 2.34. The van der Waals surface area contributed by atoms with Crippen LogP contribution in [0.4, 0.5) is 5.82 Å². The van der Waals surface area contributed by atoms with E-state index in [0.717, 1.165) is 49.8 Å². The number of hydrogen-bond acceptors (Lipinski definition) is 4. The second-order valence-corrected chi connectivity index (χ2v) is 6.92. The zero-order valence-corrected chi connectivity index (χ0v) is 15.4. The maximum atomic E-state index is 9.62. The van der Waals surface area contributed by atoms with Gasteiger partial charge in [0, 0.05) is 37.1 Å². The van der Waals surface area contributed by atoms with E-state index >= 15 is 0 Å². The Labute approximate surface area is 154 Å². The van der Waals surface area contributed by atoms with Crippen molar-refractivity contribution in [1.82, 2.24) is 9.88 Å². The van der Waals surface area contributed by atoms with Crippen molar-refractivity contribution in [3.8, 4) is 17.0 Å². The van der Waals surface area contributed by atoms with Gasteiger partial charge in [0.1, 0.15) is 11.6 Å². The standard InChI is InChI=1S/C22H25N3O/c1-3-24-12-14-25(15-13-24)22-20-7-5-4-6-19(20)16(2)21(23-22)17-8-10-18(26)11-9-17/h4-11,26H,3,12-15H2,1-2H3. The van der Waals surface area contributed by atoms with Crippen LogP contribution < -0.4 is 4.90 Å². The first kappa shape index (κ1) is 16.9. The SMILES string of the molecule is CCN1CCN(c2nc(-c3ccc(O)cc3)c(C)c3ccccc23)CC1. The number of aryl methyl sites for hydroxylation is 1. The number of phenolic OH excluding ortho intramolecular Hbond substituents is 1. The molecule has 2 heterocycles. The highest BCUT2D eigenvalue weighted by atomic mass is 16.3. The van der Waals surface area contributed by atoms with Gasteiger partial charge in [-0.25, -0.2) is 4.98 Å². The van der Waals surface area contributed by atoms with Crippen molar-refractivity contribution in [3.05, 3.63) is 54.1 Å². The molecule has 4 nitrogen and oxygen atoms in total. The van der Waals surface area contributed by atoms with Crippen molar-refractivity contribution in [2.24, 2.45) is 0 Å². The van der Waals surface area contributed by atoms with Crippen LogP contribution in [0.1, 0.15) is 12.5 Å². The topological polar surface area (TPSA) is 39.6 Å². The number of aromatic hydroxyl groups is 1. The summed E-state index contributed by atoms with van der Waals surface area (Å²) in [6.45, 7) is 9.62. The number of pyridine rings is 1. The zero-order valence-electron chi connectivity index (χ0n) is 15.4. The van der Waals surface area contributed by atoms with Gasteiger partial charge in [-0.1, -0.05) is 31.2 Å². The van der Waals surface area contributed by atoms with E-state index in [1.165, 1.54) is 16.3 Å². The second-order valence-electron chi connectivity index (χ2n) is 6.92. The number of hydrogen-bond donors (Lipinski definition) is 1. The van der Waals surface area contributed by atoms with Gasteiger partial charge in [0.05, 0.1) is 5.69 Å². The lowest BCUT2D eigenvalue weighted by molar-refractivity contribution is 0.271. The fourth-order valence-electron chi connectivity index (χ4n) is 3.80. The molecule has 134 valence electrons. The van der Waals surface area contributed by atoms with Crippen molar-refractivity contribution in [1.29, 1.82) is 0 Å². The Bertz CT molecular complexity index is 913. The van der Waals surface area contributed by atoms with Gasteiger partial charge in [0.2, 0.25) is 0 Å². The van der Waals surface area contributed by atoms with Gasteiger partial charge in [-0.3, -0.25) is 0 Å². The predicted octanol–water partition coefficient (Wildman–Crippen LogP) is 4.06. The maximum absolute atomic E-state index is 9.62. The summed E-state index contributed by atoms with van der Waals surface area (Å²) < 4.78 is 0. The second kappa shape index (κ2) is 6.96. The number of fused-ring (bicyclic) bond motifs is 1. The van der Waals surface area contributed by atoms with Crippen LogP contribution in [0.15, 0.2) is 48.5 Å². The number of benzene rings is 2. The van der Waals surface area contributed by atoms with Crippen molar-refractivity contribution in [3.63, 3.8) is 0 Å². The Kier molecular flexibility index (Phi) is 4.51. The lowest BCUT2D eigenvalue weighted by Crippen LogP contribution is -2.46. The van der Waals surface area contributed by atoms with E-state index in [9.17, 15) is 5.11 Å². The molecule has 0 bridgehead atoms. The van der Waals surface area contributed by atoms with Crippen molar-refractivity contribution in [2.75, 3.05) is 37.6 Å². The number of likely N-dealkylation sites (N-methyl/N-ethyl adjacent to an activating group) is 1. The molecule has 1 aliphatic heterocycles. The summed E-state index contributed by atoms with van der Waals surface area (Å²) in [5, 5.41) is 12.1. The van der Waals surface area contributed by atoms with E-state index in [4.69, 9.17) is 4.98 Å². The molecular formula is C22H25N3O. The summed E-state index contributed by atoms with van der Waals surface area (Å²) in [5.41, 5.74) is 3.22. The molecule has 1 saturated heterocycles. The molecule has 0 atom stereocenters. The van der Waals surface area contributed by atoms with Crippen molar-refractivity contribution >= 4 is 16.6 Å². The van der Waals surface area contributed by atoms with Crippen molar-refractivity contribution in [2.45, 2.75) is 13.8 Å². The first-order chi connectivity index (χ1) is 12.7. The third kappa shape index (κ3) is 3.01. The third-order valence-corrected chi connectivity index (χ3v) is 5.40. The molecule has 26 heavy (non-hydrogen) atoms. The number of piperazine rings is 1. The van der Waals surface area contributed by atoms with Crippen LogP contribution in [-0.4, -0.2) is 47.7 Å². The molecule has 0 spiro atoms. The number of aromatic nitrogens is 1. The predicted molar refractivity (Wildman–Crippen MR) is 108 cm³/mol. The Morgan fingerprint density at radius 3 is 2.23 bits per heavy atom. The van der Waals surface area contributed by atoms with Crippen LogP contribution in [0.3, 0.4) is 0 Å². The van der Waals surface area contributed by atoms with Gasteiger partial charge in [-0.15, -0.1) is 0 Å². The summed E-state index contributed by atoms with van der Waals surface area (Å²) >= 11 is 0. The molecule has 0 unspecified atom stereocenters. The molecule has 0 aliphatic carbocycles. The van der Waals surface area contributed by atoms with Crippen LogP contribution in [-0.2, 0) is 0 Å². The molecule has 4 heteroatoms. The number of phenols is 1. The fourth-order valence-corrected chi connectivity index (χ4v) is 3.80. The first-order valence-electron chi connectivity index (χ1n) is 9.33. The summed E-state index contributed by atoms with van der Waals surface area (Å²) in [6, 6.07) is 15.9. The number of nitrogens with zero attached hydrogens (tertiary/aromatic N) is 3. The summed E-state index contributed by atoms with van der Waals surface area (Å²) in [4.78, 5) is 10.00. The lowest BCUT2D eigenvalue weighted by atomic mass is 10.00. The Hall–Kier alpha value is -2.59. The van der Waals surface area contributed by atoms with Gasteiger partial charge in [-0.2, -0.15) is 0 Å². The van der Waals surface area contributed by atoms with E-state index in [1.54, 1.807) is 12.1 Å². The van der Waals surface area contributed by atoms with E-state index in [2.05, 4.69) is 47.9 Å². The van der Waals surface area contributed by atoms with Gasteiger partial charge >= 0.3 is 0 Å². The van der Waals surface area contributed by atoms with E-state index in [0.29, 0.717) is 0 Å². The molecule has 0 radical (unpaired) electrons.